The third kappa shape index (κ3) is 5.25. The Hall–Kier alpha value is -0.160. The number of ether oxygens (including phenoxy) is 1. The maximum atomic E-state index is 5.81. The highest BCUT2D eigenvalue weighted by Gasteiger charge is 2.16. The molecule has 0 unspecified atom stereocenters. The van der Waals surface area contributed by atoms with Gasteiger partial charge in [0.15, 0.2) is 0 Å². The zero-order valence-corrected chi connectivity index (χ0v) is 11.6. The summed E-state index contributed by atoms with van der Waals surface area (Å²) in [5.41, 5.74) is 0.247. The van der Waals surface area contributed by atoms with Gasteiger partial charge in [0, 0.05) is 26.8 Å². The summed E-state index contributed by atoms with van der Waals surface area (Å²) in [6.45, 7) is 7.00. The molecule has 0 saturated carbocycles. The van der Waals surface area contributed by atoms with Crippen molar-refractivity contribution in [1.29, 1.82) is 0 Å². The molecule has 0 aliphatic rings. The van der Waals surface area contributed by atoms with Crippen LogP contribution in [0.2, 0.25) is 4.34 Å². The molecule has 1 aromatic rings. The van der Waals surface area contributed by atoms with E-state index >= 15 is 0 Å². The number of halogens is 1. The van der Waals surface area contributed by atoms with Gasteiger partial charge in [-0.25, -0.2) is 4.98 Å². The first-order valence-corrected chi connectivity index (χ1v) is 6.53. The third-order valence-corrected chi connectivity index (χ3v) is 3.50. The van der Waals surface area contributed by atoms with Crippen LogP contribution in [0.5, 0.6) is 0 Å². The Labute approximate surface area is 106 Å². The molecule has 5 heteroatoms. The molecule has 92 valence electrons. The zero-order chi connectivity index (χ0) is 12.0. The second-order valence-electron chi connectivity index (χ2n) is 4.57. The SMILES string of the molecule is COCCC(C)(C)CNCc1ncc(Cl)s1. The van der Waals surface area contributed by atoms with E-state index in [9.17, 15) is 0 Å². The minimum atomic E-state index is 0.247. The molecule has 16 heavy (non-hydrogen) atoms. The van der Waals surface area contributed by atoms with Gasteiger partial charge in [0.1, 0.15) is 9.34 Å². The van der Waals surface area contributed by atoms with E-state index in [2.05, 4.69) is 24.1 Å². The molecule has 0 amide bonds. The van der Waals surface area contributed by atoms with Crippen molar-refractivity contribution in [1.82, 2.24) is 10.3 Å². The predicted octanol–water partition coefficient (Wildman–Crippen LogP) is 2.95. The summed E-state index contributed by atoms with van der Waals surface area (Å²) in [5, 5.41) is 4.43. The van der Waals surface area contributed by atoms with E-state index in [4.69, 9.17) is 16.3 Å². The number of rotatable bonds is 7. The number of hydrogen-bond donors (Lipinski definition) is 1. The second-order valence-corrected chi connectivity index (χ2v) is 6.32. The van der Waals surface area contributed by atoms with Crippen LogP contribution in [0.1, 0.15) is 25.3 Å². The normalized spacial score (nSPS) is 12.0. The van der Waals surface area contributed by atoms with Crippen molar-refractivity contribution in [3.05, 3.63) is 15.5 Å². The van der Waals surface area contributed by atoms with Crippen LogP contribution in [-0.2, 0) is 11.3 Å². The molecule has 0 aliphatic heterocycles. The molecule has 0 aliphatic carbocycles. The molecule has 1 heterocycles. The van der Waals surface area contributed by atoms with Gasteiger partial charge in [-0.3, -0.25) is 0 Å². The van der Waals surface area contributed by atoms with Crippen molar-refractivity contribution >= 4 is 22.9 Å². The molecule has 1 aromatic heterocycles. The molecule has 1 rings (SSSR count). The number of nitrogens with one attached hydrogen (secondary N) is 1. The van der Waals surface area contributed by atoms with Gasteiger partial charge in [-0.15, -0.1) is 11.3 Å². The molecule has 3 nitrogen and oxygen atoms in total. The first-order valence-electron chi connectivity index (χ1n) is 5.33. The van der Waals surface area contributed by atoms with Crippen molar-refractivity contribution in [2.45, 2.75) is 26.8 Å². The molecule has 1 N–H and O–H groups in total. The van der Waals surface area contributed by atoms with E-state index in [1.54, 1.807) is 13.3 Å². The van der Waals surface area contributed by atoms with Crippen LogP contribution >= 0.6 is 22.9 Å². The van der Waals surface area contributed by atoms with Crippen LogP contribution in [0.3, 0.4) is 0 Å². The Morgan fingerprint density at radius 3 is 2.88 bits per heavy atom. The van der Waals surface area contributed by atoms with Gasteiger partial charge in [0.2, 0.25) is 0 Å². The maximum Gasteiger partial charge on any atom is 0.113 e. The first-order chi connectivity index (χ1) is 7.53. The Morgan fingerprint density at radius 1 is 1.56 bits per heavy atom. The molecule has 0 spiro atoms. The highest BCUT2D eigenvalue weighted by atomic mass is 35.5. The molecule has 0 aromatic carbocycles. The van der Waals surface area contributed by atoms with Gasteiger partial charge in [-0.05, 0) is 11.8 Å². The number of aromatic nitrogens is 1. The van der Waals surface area contributed by atoms with Gasteiger partial charge >= 0.3 is 0 Å². The molecular weight excluding hydrogens is 244 g/mol. The Bertz CT molecular complexity index is 315. The summed E-state index contributed by atoms with van der Waals surface area (Å²) in [5.74, 6) is 0. The van der Waals surface area contributed by atoms with Gasteiger partial charge in [-0.1, -0.05) is 25.4 Å². The van der Waals surface area contributed by atoms with E-state index in [1.807, 2.05) is 0 Å². The second kappa shape index (κ2) is 6.55. The summed E-state index contributed by atoms with van der Waals surface area (Å²) in [6, 6.07) is 0. The maximum absolute atomic E-state index is 5.81. The lowest BCUT2D eigenvalue weighted by atomic mass is 9.90. The fourth-order valence-corrected chi connectivity index (χ4v) is 2.27. The predicted molar refractivity (Wildman–Crippen MR) is 69.1 cm³/mol. The smallest absolute Gasteiger partial charge is 0.113 e. The fourth-order valence-electron chi connectivity index (χ4n) is 1.34. The third-order valence-electron chi connectivity index (χ3n) is 2.39. The largest absolute Gasteiger partial charge is 0.385 e. The van der Waals surface area contributed by atoms with E-state index in [0.717, 1.165) is 35.5 Å². The Balaban J connectivity index is 2.24. The van der Waals surface area contributed by atoms with Crippen molar-refractivity contribution in [3.63, 3.8) is 0 Å². The fraction of sp³-hybridized carbons (Fsp3) is 0.727. The number of thiazole rings is 1. The number of methoxy groups -OCH3 is 1. The van der Waals surface area contributed by atoms with E-state index < -0.39 is 0 Å². The lowest BCUT2D eigenvalue weighted by Crippen LogP contribution is -2.30. The minimum Gasteiger partial charge on any atom is -0.385 e. The lowest BCUT2D eigenvalue weighted by Gasteiger charge is -2.24. The van der Waals surface area contributed by atoms with Gasteiger partial charge < -0.3 is 10.1 Å². The molecule has 0 fully saturated rings. The van der Waals surface area contributed by atoms with Crippen LogP contribution in [0.15, 0.2) is 6.20 Å². The first kappa shape index (κ1) is 13.9. The average Bonchev–Trinajstić information content (AvgIpc) is 2.61. The summed E-state index contributed by atoms with van der Waals surface area (Å²) >= 11 is 7.33. The molecular formula is C11H19ClN2OS. The van der Waals surface area contributed by atoms with Crippen LogP contribution in [0.4, 0.5) is 0 Å². The van der Waals surface area contributed by atoms with Crippen molar-refractivity contribution in [2.75, 3.05) is 20.3 Å². The summed E-state index contributed by atoms with van der Waals surface area (Å²) in [4.78, 5) is 4.20. The van der Waals surface area contributed by atoms with Crippen molar-refractivity contribution in [3.8, 4) is 0 Å². The van der Waals surface area contributed by atoms with Crippen LogP contribution in [0.25, 0.3) is 0 Å². The average molecular weight is 263 g/mol. The van der Waals surface area contributed by atoms with Gasteiger partial charge in [0.05, 0.1) is 6.20 Å². The van der Waals surface area contributed by atoms with Crippen LogP contribution in [-0.4, -0.2) is 25.2 Å². The van der Waals surface area contributed by atoms with Crippen molar-refractivity contribution in [2.24, 2.45) is 5.41 Å². The van der Waals surface area contributed by atoms with E-state index in [0.29, 0.717) is 0 Å². The zero-order valence-electron chi connectivity index (χ0n) is 10.0. The van der Waals surface area contributed by atoms with E-state index in [1.165, 1.54) is 11.3 Å². The van der Waals surface area contributed by atoms with Gasteiger partial charge in [0.25, 0.3) is 0 Å². The Kier molecular flexibility index (Phi) is 5.69. The lowest BCUT2D eigenvalue weighted by molar-refractivity contribution is 0.150. The summed E-state index contributed by atoms with van der Waals surface area (Å²) in [6.07, 6.45) is 2.74. The Morgan fingerprint density at radius 2 is 2.31 bits per heavy atom. The van der Waals surface area contributed by atoms with Crippen molar-refractivity contribution < 1.29 is 4.74 Å². The van der Waals surface area contributed by atoms with Crippen LogP contribution < -0.4 is 5.32 Å². The molecule has 0 bridgehead atoms. The van der Waals surface area contributed by atoms with Crippen LogP contribution in [0, 0.1) is 5.41 Å². The highest BCUT2D eigenvalue weighted by Crippen LogP contribution is 2.20. The standard InChI is InChI=1S/C11H19ClN2OS/c1-11(2,4-5-15-3)8-13-7-10-14-6-9(12)16-10/h6,13H,4-5,7-8H2,1-3H3. The molecule has 0 atom stereocenters. The molecule has 0 saturated heterocycles. The molecule has 0 radical (unpaired) electrons. The quantitative estimate of drug-likeness (QED) is 0.820. The summed E-state index contributed by atoms with van der Waals surface area (Å²) in [7, 11) is 1.74. The summed E-state index contributed by atoms with van der Waals surface area (Å²) < 4.78 is 5.84. The highest BCUT2D eigenvalue weighted by molar-refractivity contribution is 7.15. The number of hydrogen-bond acceptors (Lipinski definition) is 4. The monoisotopic (exact) mass is 262 g/mol. The number of nitrogens with zero attached hydrogens (tertiary/aromatic N) is 1. The minimum absolute atomic E-state index is 0.247. The topological polar surface area (TPSA) is 34.1 Å². The van der Waals surface area contributed by atoms with Gasteiger partial charge in [-0.2, -0.15) is 0 Å². The van der Waals surface area contributed by atoms with E-state index in [-0.39, 0.29) is 5.41 Å².